The molecule has 1 heterocycles. The van der Waals surface area contributed by atoms with Gasteiger partial charge in [0.15, 0.2) is 0 Å². The highest BCUT2D eigenvalue weighted by Gasteiger charge is 2.27. The topological polar surface area (TPSA) is 84.2 Å². The van der Waals surface area contributed by atoms with Crippen LogP contribution >= 0.6 is 0 Å². The highest BCUT2D eigenvalue weighted by Crippen LogP contribution is 2.31. The predicted molar refractivity (Wildman–Crippen MR) is 78.1 cm³/mol. The van der Waals surface area contributed by atoms with Crippen LogP contribution in [0.3, 0.4) is 0 Å². The molecule has 1 saturated carbocycles. The van der Waals surface area contributed by atoms with Crippen LogP contribution < -0.4 is 10.2 Å². The zero-order chi connectivity index (χ0) is 14.5. The molecule has 2 rings (SSSR count). The number of aromatic nitrogens is 2. The fourth-order valence-corrected chi connectivity index (χ4v) is 2.54. The molecule has 7 nitrogen and oxygen atoms in total. The third-order valence-electron chi connectivity index (χ3n) is 3.69. The van der Waals surface area contributed by atoms with Gasteiger partial charge in [0.1, 0.15) is 6.20 Å². The van der Waals surface area contributed by atoms with Crippen molar-refractivity contribution in [2.45, 2.75) is 45.1 Å². The summed E-state index contributed by atoms with van der Waals surface area (Å²) in [7, 11) is 1.88. The molecular formula is C13H21N5O2. The largest absolute Gasteiger partial charge is 0.354 e. The van der Waals surface area contributed by atoms with Crippen LogP contribution in [0.2, 0.25) is 0 Å². The van der Waals surface area contributed by atoms with E-state index in [0.29, 0.717) is 17.8 Å². The lowest BCUT2D eigenvalue weighted by Crippen LogP contribution is -2.30. The molecule has 0 aliphatic heterocycles. The molecule has 0 spiro atoms. The van der Waals surface area contributed by atoms with Crippen LogP contribution in [-0.4, -0.2) is 34.5 Å². The van der Waals surface area contributed by atoms with E-state index in [2.05, 4.69) is 15.3 Å². The molecular weight excluding hydrogens is 258 g/mol. The number of nitro groups is 1. The van der Waals surface area contributed by atoms with E-state index in [1.54, 1.807) is 0 Å². The van der Waals surface area contributed by atoms with Gasteiger partial charge in [0.25, 0.3) is 0 Å². The Bertz CT molecular complexity index is 474. The summed E-state index contributed by atoms with van der Waals surface area (Å²) < 4.78 is 0. The first kappa shape index (κ1) is 14.5. The summed E-state index contributed by atoms with van der Waals surface area (Å²) in [4.78, 5) is 21.0. The summed E-state index contributed by atoms with van der Waals surface area (Å²) in [5.41, 5.74) is -0.0264. The van der Waals surface area contributed by atoms with Crippen LogP contribution in [0.15, 0.2) is 6.20 Å². The Labute approximate surface area is 118 Å². The van der Waals surface area contributed by atoms with Gasteiger partial charge in [-0.2, -0.15) is 4.98 Å². The molecule has 7 heteroatoms. The molecule has 0 unspecified atom stereocenters. The monoisotopic (exact) mass is 279 g/mol. The first-order valence-electron chi connectivity index (χ1n) is 7.11. The van der Waals surface area contributed by atoms with Crippen molar-refractivity contribution in [3.05, 3.63) is 16.3 Å². The van der Waals surface area contributed by atoms with E-state index in [-0.39, 0.29) is 5.69 Å². The van der Waals surface area contributed by atoms with E-state index >= 15 is 0 Å². The lowest BCUT2D eigenvalue weighted by molar-refractivity contribution is -0.384. The zero-order valence-electron chi connectivity index (χ0n) is 12.0. The van der Waals surface area contributed by atoms with Gasteiger partial charge in [0, 0.05) is 19.6 Å². The SMILES string of the molecule is CCCNc1ncc([N+](=O)[O-])c(N(C)C2CCCC2)n1. The molecule has 1 N–H and O–H groups in total. The summed E-state index contributed by atoms with van der Waals surface area (Å²) >= 11 is 0. The average molecular weight is 279 g/mol. The Balaban J connectivity index is 2.27. The van der Waals surface area contributed by atoms with Gasteiger partial charge in [-0.15, -0.1) is 0 Å². The van der Waals surface area contributed by atoms with E-state index in [1.807, 2.05) is 18.9 Å². The lowest BCUT2D eigenvalue weighted by atomic mass is 10.2. The lowest BCUT2D eigenvalue weighted by Gasteiger charge is -2.25. The van der Waals surface area contributed by atoms with Crippen molar-refractivity contribution in [3.8, 4) is 0 Å². The van der Waals surface area contributed by atoms with E-state index in [9.17, 15) is 10.1 Å². The van der Waals surface area contributed by atoms with Gasteiger partial charge in [0.05, 0.1) is 4.92 Å². The second kappa shape index (κ2) is 6.49. The molecule has 1 aliphatic rings. The standard InChI is InChI=1S/C13H21N5O2/c1-3-8-14-13-15-9-11(18(19)20)12(16-13)17(2)10-6-4-5-7-10/h9-10H,3-8H2,1-2H3,(H,14,15,16). The van der Waals surface area contributed by atoms with Crippen molar-refractivity contribution in [2.75, 3.05) is 23.8 Å². The van der Waals surface area contributed by atoms with Crippen LogP contribution in [-0.2, 0) is 0 Å². The summed E-state index contributed by atoms with van der Waals surface area (Å²) in [6.45, 7) is 2.80. The first-order chi connectivity index (χ1) is 9.63. The fourth-order valence-electron chi connectivity index (χ4n) is 2.54. The third-order valence-corrected chi connectivity index (χ3v) is 3.69. The summed E-state index contributed by atoms with van der Waals surface area (Å²) in [6, 6.07) is 0.336. The van der Waals surface area contributed by atoms with Gasteiger partial charge in [-0.3, -0.25) is 10.1 Å². The maximum Gasteiger partial charge on any atom is 0.329 e. The summed E-state index contributed by atoms with van der Waals surface area (Å²) in [5, 5.41) is 14.2. The second-order valence-electron chi connectivity index (χ2n) is 5.14. The Morgan fingerprint density at radius 2 is 2.20 bits per heavy atom. The molecule has 1 fully saturated rings. The molecule has 0 aromatic carbocycles. The molecule has 0 atom stereocenters. The molecule has 110 valence electrons. The second-order valence-corrected chi connectivity index (χ2v) is 5.14. The summed E-state index contributed by atoms with van der Waals surface area (Å²) in [6.07, 6.45) is 6.73. The molecule has 1 aliphatic carbocycles. The van der Waals surface area contributed by atoms with Crippen LogP contribution in [0.4, 0.5) is 17.5 Å². The minimum atomic E-state index is -0.412. The number of nitrogens with zero attached hydrogens (tertiary/aromatic N) is 4. The summed E-state index contributed by atoms with van der Waals surface area (Å²) in [5.74, 6) is 0.868. The maximum atomic E-state index is 11.1. The van der Waals surface area contributed by atoms with Crippen molar-refractivity contribution < 1.29 is 4.92 Å². The molecule has 0 bridgehead atoms. The minimum Gasteiger partial charge on any atom is -0.354 e. The van der Waals surface area contributed by atoms with Gasteiger partial charge in [-0.1, -0.05) is 19.8 Å². The molecule has 20 heavy (non-hydrogen) atoms. The van der Waals surface area contributed by atoms with Crippen LogP contribution in [0.5, 0.6) is 0 Å². The Morgan fingerprint density at radius 1 is 1.50 bits per heavy atom. The molecule has 0 saturated heterocycles. The normalized spacial score (nSPS) is 15.3. The van der Waals surface area contributed by atoms with Crippen molar-refractivity contribution >= 4 is 17.5 Å². The number of nitrogens with one attached hydrogen (secondary N) is 1. The smallest absolute Gasteiger partial charge is 0.329 e. The first-order valence-corrected chi connectivity index (χ1v) is 7.11. The van der Waals surface area contributed by atoms with Gasteiger partial charge in [-0.25, -0.2) is 4.98 Å². The fraction of sp³-hybridized carbons (Fsp3) is 0.692. The van der Waals surface area contributed by atoms with Gasteiger partial charge >= 0.3 is 5.69 Å². The molecule has 1 aromatic rings. The molecule has 0 amide bonds. The maximum absolute atomic E-state index is 11.1. The third kappa shape index (κ3) is 3.15. The van der Waals surface area contributed by atoms with Crippen LogP contribution in [0.1, 0.15) is 39.0 Å². The van der Waals surface area contributed by atoms with Crippen molar-refractivity contribution in [1.82, 2.24) is 9.97 Å². The van der Waals surface area contributed by atoms with E-state index in [0.717, 1.165) is 25.8 Å². The Hall–Kier alpha value is -1.92. The van der Waals surface area contributed by atoms with E-state index < -0.39 is 4.92 Å². The van der Waals surface area contributed by atoms with E-state index in [1.165, 1.54) is 19.0 Å². The number of anilines is 2. The van der Waals surface area contributed by atoms with Crippen LogP contribution in [0.25, 0.3) is 0 Å². The molecule has 1 aromatic heterocycles. The van der Waals surface area contributed by atoms with Crippen LogP contribution in [0, 0.1) is 10.1 Å². The van der Waals surface area contributed by atoms with E-state index in [4.69, 9.17) is 0 Å². The van der Waals surface area contributed by atoms with Crippen molar-refractivity contribution in [3.63, 3.8) is 0 Å². The quantitative estimate of drug-likeness (QED) is 0.636. The van der Waals surface area contributed by atoms with Gasteiger partial charge in [-0.05, 0) is 19.3 Å². The molecule has 0 radical (unpaired) electrons. The number of rotatable bonds is 6. The van der Waals surface area contributed by atoms with Crippen molar-refractivity contribution in [2.24, 2.45) is 0 Å². The number of hydrogen-bond acceptors (Lipinski definition) is 6. The highest BCUT2D eigenvalue weighted by atomic mass is 16.6. The Kier molecular flexibility index (Phi) is 4.70. The number of hydrogen-bond donors (Lipinski definition) is 1. The highest BCUT2D eigenvalue weighted by molar-refractivity contribution is 5.59. The van der Waals surface area contributed by atoms with Crippen molar-refractivity contribution in [1.29, 1.82) is 0 Å². The zero-order valence-corrected chi connectivity index (χ0v) is 12.0. The average Bonchev–Trinajstić information content (AvgIpc) is 2.98. The minimum absolute atomic E-state index is 0.0264. The van der Waals surface area contributed by atoms with Gasteiger partial charge < -0.3 is 10.2 Å². The van der Waals surface area contributed by atoms with Gasteiger partial charge in [0.2, 0.25) is 11.8 Å². The Morgan fingerprint density at radius 3 is 2.80 bits per heavy atom. The predicted octanol–water partition coefficient (Wildman–Crippen LogP) is 2.59.